The number of hydrogen-bond donors (Lipinski definition) is 0. The highest BCUT2D eigenvalue weighted by atomic mass is 32.2. The summed E-state index contributed by atoms with van der Waals surface area (Å²) in [6, 6.07) is 6.55. The van der Waals surface area contributed by atoms with Crippen LogP contribution >= 0.6 is 0 Å². The molecule has 0 atom stereocenters. The van der Waals surface area contributed by atoms with Gasteiger partial charge in [0, 0.05) is 44.1 Å². The summed E-state index contributed by atoms with van der Waals surface area (Å²) in [5.41, 5.74) is 5.79. The van der Waals surface area contributed by atoms with Crippen LogP contribution in [0.25, 0.3) is 0 Å². The zero-order valence-electron chi connectivity index (χ0n) is 13.7. The number of aromatic nitrogens is 2. The standard InChI is InChI=1S/C17H21N3O2S/c1-12-4-5-14(8-13(12)2)10-20-7-6-16-15(11-20)9-18-17(19-16)23(3,21)22/h4-5,8-9H,6-7,10-11H2,1-3H3. The number of fused-ring (bicyclic) bond motifs is 1. The minimum Gasteiger partial charge on any atom is -0.294 e. The fraction of sp³-hybridized carbons (Fsp3) is 0.412. The normalized spacial score (nSPS) is 15.4. The molecule has 0 unspecified atom stereocenters. The van der Waals surface area contributed by atoms with Crippen molar-refractivity contribution >= 4 is 9.84 Å². The van der Waals surface area contributed by atoms with Gasteiger partial charge in [0.2, 0.25) is 15.0 Å². The second kappa shape index (κ2) is 6.02. The van der Waals surface area contributed by atoms with E-state index in [-0.39, 0.29) is 5.16 Å². The third kappa shape index (κ3) is 3.59. The monoisotopic (exact) mass is 331 g/mol. The Hall–Kier alpha value is -1.79. The molecule has 1 aromatic heterocycles. The quantitative estimate of drug-likeness (QED) is 0.806. The van der Waals surface area contributed by atoms with Gasteiger partial charge in [-0.3, -0.25) is 4.90 Å². The molecule has 0 spiro atoms. The van der Waals surface area contributed by atoms with Gasteiger partial charge in [0.05, 0.1) is 5.69 Å². The van der Waals surface area contributed by atoms with Crippen molar-refractivity contribution in [2.24, 2.45) is 0 Å². The molecule has 6 heteroatoms. The van der Waals surface area contributed by atoms with Crippen LogP contribution in [0.4, 0.5) is 0 Å². The van der Waals surface area contributed by atoms with Gasteiger partial charge in [0.15, 0.2) is 0 Å². The summed E-state index contributed by atoms with van der Waals surface area (Å²) in [5.74, 6) is 0. The molecule has 2 aromatic rings. The van der Waals surface area contributed by atoms with E-state index < -0.39 is 9.84 Å². The lowest BCUT2D eigenvalue weighted by Crippen LogP contribution is -2.31. The predicted molar refractivity (Wildman–Crippen MR) is 88.9 cm³/mol. The summed E-state index contributed by atoms with van der Waals surface area (Å²) in [6.45, 7) is 6.76. The topological polar surface area (TPSA) is 63.2 Å². The number of aryl methyl sites for hydroxylation is 2. The number of sulfone groups is 1. The van der Waals surface area contributed by atoms with Crippen LogP contribution in [0.1, 0.15) is 27.9 Å². The van der Waals surface area contributed by atoms with Crippen LogP contribution in [0.2, 0.25) is 0 Å². The minimum absolute atomic E-state index is 0.0705. The summed E-state index contributed by atoms with van der Waals surface area (Å²) in [6.07, 6.45) is 3.56. The van der Waals surface area contributed by atoms with Gasteiger partial charge >= 0.3 is 0 Å². The maximum absolute atomic E-state index is 11.5. The molecule has 23 heavy (non-hydrogen) atoms. The Kier molecular flexibility index (Phi) is 4.21. The average Bonchev–Trinajstić information content (AvgIpc) is 2.49. The van der Waals surface area contributed by atoms with E-state index in [1.165, 1.54) is 16.7 Å². The molecule has 2 heterocycles. The summed E-state index contributed by atoms with van der Waals surface area (Å²) < 4.78 is 23.1. The van der Waals surface area contributed by atoms with Crippen LogP contribution in [0.15, 0.2) is 29.6 Å². The molecule has 0 saturated carbocycles. The largest absolute Gasteiger partial charge is 0.294 e. The van der Waals surface area contributed by atoms with Crippen LogP contribution in [-0.4, -0.2) is 36.1 Å². The molecule has 1 aliphatic rings. The van der Waals surface area contributed by atoms with Crippen molar-refractivity contribution in [2.75, 3.05) is 12.8 Å². The van der Waals surface area contributed by atoms with Gasteiger partial charge in [-0.2, -0.15) is 0 Å². The average molecular weight is 331 g/mol. The molecule has 0 N–H and O–H groups in total. The van der Waals surface area contributed by atoms with Crippen molar-refractivity contribution in [3.05, 3.63) is 52.3 Å². The molecule has 0 amide bonds. The van der Waals surface area contributed by atoms with Crippen molar-refractivity contribution in [3.63, 3.8) is 0 Å². The molecule has 0 saturated heterocycles. The van der Waals surface area contributed by atoms with Gasteiger partial charge in [-0.15, -0.1) is 0 Å². The van der Waals surface area contributed by atoms with E-state index in [9.17, 15) is 8.42 Å². The Labute approximate surface area is 137 Å². The van der Waals surface area contributed by atoms with Gasteiger partial charge in [-0.05, 0) is 30.5 Å². The Bertz CT molecular complexity index is 847. The Morgan fingerprint density at radius 2 is 2.00 bits per heavy atom. The van der Waals surface area contributed by atoms with E-state index in [0.717, 1.165) is 43.6 Å². The van der Waals surface area contributed by atoms with Crippen molar-refractivity contribution in [3.8, 4) is 0 Å². The highest BCUT2D eigenvalue weighted by molar-refractivity contribution is 7.90. The first kappa shape index (κ1) is 16.1. The molecule has 0 aliphatic carbocycles. The maximum Gasteiger partial charge on any atom is 0.246 e. The molecule has 1 aliphatic heterocycles. The van der Waals surface area contributed by atoms with E-state index in [2.05, 4.69) is 46.9 Å². The van der Waals surface area contributed by atoms with Crippen molar-refractivity contribution in [2.45, 2.75) is 38.5 Å². The van der Waals surface area contributed by atoms with E-state index in [0.29, 0.717) is 0 Å². The first-order valence-electron chi connectivity index (χ1n) is 7.66. The molecular formula is C17H21N3O2S. The van der Waals surface area contributed by atoms with Crippen LogP contribution in [0.3, 0.4) is 0 Å². The first-order valence-corrected chi connectivity index (χ1v) is 9.55. The lowest BCUT2D eigenvalue weighted by atomic mass is 10.0. The molecule has 5 nitrogen and oxygen atoms in total. The van der Waals surface area contributed by atoms with E-state index in [1.54, 1.807) is 6.20 Å². The Balaban J connectivity index is 1.76. The first-order chi connectivity index (χ1) is 10.8. The summed E-state index contributed by atoms with van der Waals surface area (Å²) in [5, 5.41) is -0.0705. The zero-order valence-corrected chi connectivity index (χ0v) is 14.5. The SMILES string of the molecule is Cc1ccc(CN2CCc3nc(S(C)(=O)=O)ncc3C2)cc1C. The molecule has 1 aromatic carbocycles. The van der Waals surface area contributed by atoms with Crippen LogP contribution in [0, 0.1) is 13.8 Å². The van der Waals surface area contributed by atoms with E-state index in [4.69, 9.17) is 0 Å². The number of nitrogens with zero attached hydrogens (tertiary/aromatic N) is 3. The third-order valence-electron chi connectivity index (χ3n) is 4.30. The maximum atomic E-state index is 11.5. The van der Waals surface area contributed by atoms with E-state index >= 15 is 0 Å². The predicted octanol–water partition coefficient (Wildman–Crippen LogP) is 2.06. The number of hydrogen-bond acceptors (Lipinski definition) is 5. The van der Waals surface area contributed by atoms with Gasteiger partial charge in [0.1, 0.15) is 0 Å². The number of rotatable bonds is 3. The second-order valence-corrected chi connectivity index (χ2v) is 8.19. The summed E-state index contributed by atoms with van der Waals surface area (Å²) >= 11 is 0. The zero-order chi connectivity index (χ0) is 16.6. The minimum atomic E-state index is -3.34. The van der Waals surface area contributed by atoms with Crippen LogP contribution < -0.4 is 0 Å². The fourth-order valence-electron chi connectivity index (χ4n) is 2.83. The van der Waals surface area contributed by atoms with Gasteiger partial charge in [-0.25, -0.2) is 18.4 Å². The van der Waals surface area contributed by atoms with Gasteiger partial charge in [-0.1, -0.05) is 18.2 Å². The molecule has 0 fully saturated rings. The fourth-order valence-corrected chi connectivity index (χ4v) is 3.35. The highest BCUT2D eigenvalue weighted by Gasteiger charge is 2.21. The lowest BCUT2D eigenvalue weighted by molar-refractivity contribution is 0.242. The molecule has 0 bridgehead atoms. The van der Waals surface area contributed by atoms with Gasteiger partial charge < -0.3 is 0 Å². The summed E-state index contributed by atoms with van der Waals surface area (Å²) in [4.78, 5) is 10.6. The molecule has 122 valence electrons. The molecule has 3 rings (SSSR count). The lowest BCUT2D eigenvalue weighted by Gasteiger charge is -2.28. The Morgan fingerprint density at radius 3 is 2.70 bits per heavy atom. The second-order valence-electron chi connectivity index (χ2n) is 6.28. The summed E-state index contributed by atoms with van der Waals surface area (Å²) in [7, 11) is -3.34. The smallest absolute Gasteiger partial charge is 0.246 e. The molecular weight excluding hydrogens is 310 g/mol. The van der Waals surface area contributed by atoms with Gasteiger partial charge in [0.25, 0.3) is 0 Å². The van der Waals surface area contributed by atoms with Crippen molar-refractivity contribution < 1.29 is 8.42 Å². The van der Waals surface area contributed by atoms with E-state index in [1.807, 2.05) is 0 Å². The highest BCUT2D eigenvalue weighted by Crippen LogP contribution is 2.20. The van der Waals surface area contributed by atoms with Crippen LogP contribution in [-0.2, 0) is 29.3 Å². The van der Waals surface area contributed by atoms with Crippen LogP contribution in [0.5, 0.6) is 0 Å². The van der Waals surface area contributed by atoms with Crippen molar-refractivity contribution in [1.82, 2.24) is 14.9 Å². The molecule has 0 radical (unpaired) electrons. The number of benzene rings is 1. The Morgan fingerprint density at radius 1 is 1.22 bits per heavy atom. The third-order valence-corrected chi connectivity index (χ3v) is 5.16. The van der Waals surface area contributed by atoms with Crippen molar-refractivity contribution in [1.29, 1.82) is 0 Å².